The third-order valence-electron chi connectivity index (χ3n) is 5.56. The van der Waals surface area contributed by atoms with E-state index in [1.54, 1.807) is 21.3 Å². The summed E-state index contributed by atoms with van der Waals surface area (Å²) < 4.78 is 22.0. The Morgan fingerprint density at radius 2 is 1.71 bits per heavy atom. The molecule has 31 heavy (non-hydrogen) atoms. The number of morpholine rings is 1. The normalized spacial score (nSPS) is 16.5. The summed E-state index contributed by atoms with van der Waals surface area (Å²) >= 11 is 0. The van der Waals surface area contributed by atoms with Crippen molar-refractivity contribution in [1.29, 1.82) is 0 Å². The van der Waals surface area contributed by atoms with Crippen LogP contribution in [0.15, 0.2) is 41.4 Å². The molecule has 1 fully saturated rings. The fourth-order valence-electron chi connectivity index (χ4n) is 3.90. The maximum absolute atomic E-state index is 5.56. The first-order valence-corrected chi connectivity index (χ1v) is 10.5. The molecule has 0 aromatic heterocycles. The quantitative estimate of drug-likeness (QED) is 0.695. The number of nitrogens with zero attached hydrogens (tertiary/aromatic N) is 3. The Bertz CT molecular complexity index is 903. The van der Waals surface area contributed by atoms with Crippen LogP contribution in [0.4, 0.5) is 5.69 Å². The minimum Gasteiger partial charge on any atom is -0.493 e. The largest absolute Gasteiger partial charge is 0.493 e. The average molecular weight is 427 g/mol. The summed E-state index contributed by atoms with van der Waals surface area (Å²) in [5.74, 6) is 2.59. The molecule has 1 N–H and O–H groups in total. The van der Waals surface area contributed by atoms with Crippen molar-refractivity contribution in [2.24, 2.45) is 4.99 Å². The molecule has 2 aromatic carbocycles. The van der Waals surface area contributed by atoms with Crippen LogP contribution in [-0.2, 0) is 11.3 Å². The molecule has 2 aromatic rings. The molecular formula is C23H30N4O4. The van der Waals surface area contributed by atoms with E-state index in [4.69, 9.17) is 23.9 Å². The molecule has 4 rings (SSSR count). The summed E-state index contributed by atoms with van der Waals surface area (Å²) in [5.41, 5.74) is 6.61. The van der Waals surface area contributed by atoms with Crippen molar-refractivity contribution in [1.82, 2.24) is 15.3 Å². The Morgan fingerprint density at radius 3 is 2.39 bits per heavy atom. The van der Waals surface area contributed by atoms with E-state index < -0.39 is 0 Å². The van der Waals surface area contributed by atoms with Crippen LogP contribution in [0.1, 0.15) is 11.1 Å². The first-order valence-electron chi connectivity index (χ1n) is 10.5. The number of hydrazine groups is 1. The Morgan fingerprint density at radius 1 is 1.00 bits per heavy atom. The van der Waals surface area contributed by atoms with Gasteiger partial charge in [0.05, 0.1) is 46.8 Å². The molecule has 0 radical (unpaired) electrons. The van der Waals surface area contributed by atoms with Gasteiger partial charge in [-0.05, 0) is 23.8 Å². The molecule has 0 unspecified atom stereocenters. The molecule has 2 aliphatic heterocycles. The van der Waals surface area contributed by atoms with Gasteiger partial charge < -0.3 is 18.9 Å². The summed E-state index contributed by atoms with van der Waals surface area (Å²) in [6.07, 6.45) is 0. The number of rotatable bonds is 8. The summed E-state index contributed by atoms with van der Waals surface area (Å²) in [6, 6.07) is 12.1. The number of fused-ring (bicyclic) bond motifs is 1. The van der Waals surface area contributed by atoms with Crippen molar-refractivity contribution in [3.63, 3.8) is 0 Å². The molecule has 0 spiro atoms. The predicted molar refractivity (Wildman–Crippen MR) is 120 cm³/mol. The van der Waals surface area contributed by atoms with Crippen LogP contribution < -0.4 is 19.6 Å². The number of hydrogen-bond acceptors (Lipinski definition) is 8. The number of amidine groups is 1. The number of methoxy groups -OCH3 is 3. The van der Waals surface area contributed by atoms with Gasteiger partial charge in [-0.25, -0.2) is 10.4 Å². The molecule has 2 aliphatic rings. The van der Waals surface area contributed by atoms with Crippen LogP contribution in [0.3, 0.4) is 0 Å². The van der Waals surface area contributed by atoms with Crippen LogP contribution in [0, 0.1) is 0 Å². The molecule has 0 atom stereocenters. The second-order valence-electron chi connectivity index (χ2n) is 7.43. The van der Waals surface area contributed by atoms with E-state index in [1.807, 2.05) is 30.3 Å². The molecule has 8 nitrogen and oxygen atoms in total. The van der Waals surface area contributed by atoms with E-state index in [0.717, 1.165) is 63.0 Å². The van der Waals surface area contributed by atoms with Crippen LogP contribution in [0.2, 0.25) is 0 Å². The number of hydrogen-bond donors (Lipinski definition) is 1. The lowest BCUT2D eigenvalue weighted by Crippen LogP contribution is -2.48. The highest BCUT2D eigenvalue weighted by atomic mass is 16.5. The fourth-order valence-corrected chi connectivity index (χ4v) is 3.90. The maximum atomic E-state index is 5.56. The average Bonchev–Trinajstić information content (AvgIpc) is 2.83. The van der Waals surface area contributed by atoms with Crippen LogP contribution >= 0.6 is 0 Å². The molecule has 0 saturated carbocycles. The van der Waals surface area contributed by atoms with Gasteiger partial charge in [0.15, 0.2) is 17.3 Å². The van der Waals surface area contributed by atoms with Crippen molar-refractivity contribution in [2.75, 3.05) is 60.7 Å². The van der Waals surface area contributed by atoms with Gasteiger partial charge in [-0.2, -0.15) is 0 Å². The second kappa shape index (κ2) is 10.00. The molecule has 2 heterocycles. The van der Waals surface area contributed by atoms with E-state index in [-0.39, 0.29) is 0 Å². The lowest BCUT2D eigenvalue weighted by atomic mass is 10.1. The highest BCUT2D eigenvalue weighted by Crippen LogP contribution is 2.39. The molecule has 8 heteroatoms. The third kappa shape index (κ3) is 4.76. The predicted octanol–water partition coefficient (Wildman–Crippen LogP) is 2.44. The Balaban J connectivity index is 1.62. The van der Waals surface area contributed by atoms with Gasteiger partial charge in [0, 0.05) is 31.7 Å². The minimum atomic E-state index is 0.567. The monoisotopic (exact) mass is 426 g/mol. The van der Waals surface area contributed by atoms with E-state index >= 15 is 0 Å². The van der Waals surface area contributed by atoms with Gasteiger partial charge in [-0.15, -0.1) is 0 Å². The number of ether oxygens (including phenoxy) is 4. The van der Waals surface area contributed by atoms with Crippen molar-refractivity contribution >= 4 is 11.5 Å². The lowest BCUT2D eigenvalue weighted by molar-refractivity contribution is 0.0366. The van der Waals surface area contributed by atoms with Crippen molar-refractivity contribution in [2.45, 2.75) is 6.54 Å². The molecule has 0 bridgehead atoms. The van der Waals surface area contributed by atoms with Crippen molar-refractivity contribution in [3.05, 3.63) is 47.5 Å². The van der Waals surface area contributed by atoms with Gasteiger partial charge in [-0.1, -0.05) is 18.2 Å². The summed E-state index contributed by atoms with van der Waals surface area (Å²) in [6.45, 7) is 6.02. The van der Waals surface area contributed by atoms with Crippen LogP contribution in [-0.4, -0.2) is 76.5 Å². The third-order valence-corrected chi connectivity index (χ3v) is 5.56. The van der Waals surface area contributed by atoms with Crippen LogP contribution in [0.5, 0.6) is 17.2 Å². The van der Waals surface area contributed by atoms with E-state index in [2.05, 4.69) is 21.4 Å². The number of para-hydroxylation sites is 1. The first-order chi connectivity index (χ1) is 15.2. The Labute approximate surface area is 183 Å². The summed E-state index contributed by atoms with van der Waals surface area (Å²) in [7, 11) is 4.85. The summed E-state index contributed by atoms with van der Waals surface area (Å²) in [4.78, 5) is 7.37. The van der Waals surface area contributed by atoms with Gasteiger partial charge in [0.25, 0.3) is 0 Å². The molecule has 0 aliphatic carbocycles. The van der Waals surface area contributed by atoms with Crippen LogP contribution in [0.25, 0.3) is 0 Å². The SMILES string of the molecule is COc1cc(C2=Nc3ccccc3CN2NCCN2CCOCC2)cc(OC)c1OC. The topological polar surface area (TPSA) is 67.8 Å². The zero-order valence-corrected chi connectivity index (χ0v) is 18.4. The lowest BCUT2D eigenvalue weighted by Gasteiger charge is -2.33. The number of aliphatic imine (C=N–C) groups is 1. The van der Waals surface area contributed by atoms with Crippen molar-refractivity contribution in [3.8, 4) is 17.2 Å². The van der Waals surface area contributed by atoms with Gasteiger partial charge in [0.1, 0.15) is 0 Å². The first kappa shape index (κ1) is 21.4. The minimum absolute atomic E-state index is 0.567. The maximum Gasteiger partial charge on any atom is 0.203 e. The Hall–Kier alpha value is -2.81. The zero-order chi connectivity index (χ0) is 21.6. The number of benzene rings is 2. The van der Waals surface area contributed by atoms with Crippen molar-refractivity contribution < 1.29 is 18.9 Å². The second-order valence-corrected chi connectivity index (χ2v) is 7.43. The van der Waals surface area contributed by atoms with Gasteiger partial charge in [-0.3, -0.25) is 9.91 Å². The highest BCUT2D eigenvalue weighted by Gasteiger charge is 2.24. The Kier molecular flexibility index (Phi) is 6.91. The smallest absolute Gasteiger partial charge is 0.203 e. The van der Waals surface area contributed by atoms with E-state index in [0.29, 0.717) is 17.2 Å². The van der Waals surface area contributed by atoms with Gasteiger partial charge in [0.2, 0.25) is 5.75 Å². The standard InChI is InChI=1S/C23H30N4O4/c1-28-20-14-18(15-21(29-2)22(20)30-3)23-25-19-7-5-4-6-17(19)16-27(23)24-8-9-26-10-12-31-13-11-26/h4-7,14-15,24H,8-13,16H2,1-3H3. The molecular weight excluding hydrogens is 396 g/mol. The molecule has 1 saturated heterocycles. The molecule has 0 amide bonds. The molecule has 166 valence electrons. The van der Waals surface area contributed by atoms with E-state index in [9.17, 15) is 0 Å². The van der Waals surface area contributed by atoms with E-state index in [1.165, 1.54) is 5.56 Å². The fraction of sp³-hybridized carbons (Fsp3) is 0.435. The van der Waals surface area contributed by atoms with Gasteiger partial charge >= 0.3 is 0 Å². The summed E-state index contributed by atoms with van der Waals surface area (Å²) in [5, 5.41) is 2.10. The zero-order valence-electron chi connectivity index (χ0n) is 18.4. The number of nitrogens with one attached hydrogen (secondary N) is 1. The highest BCUT2D eigenvalue weighted by molar-refractivity contribution is 6.02.